The van der Waals surface area contributed by atoms with E-state index in [2.05, 4.69) is 16.0 Å². The highest BCUT2D eigenvalue weighted by Gasteiger charge is 2.12. The van der Waals surface area contributed by atoms with E-state index in [9.17, 15) is 0 Å². The fourth-order valence-corrected chi connectivity index (χ4v) is 2.43. The highest BCUT2D eigenvalue weighted by molar-refractivity contribution is 7.11. The van der Waals surface area contributed by atoms with Crippen molar-refractivity contribution >= 4 is 11.3 Å². The highest BCUT2D eigenvalue weighted by Crippen LogP contribution is 2.15. The van der Waals surface area contributed by atoms with Gasteiger partial charge < -0.3 is 4.74 Å². The van der Waals surface area contributed by atoms with Crippen LogP contribution in [-0.4, -0.2) is 36.2 Å². The molecule has 1 aliphatic rings. The van der Waals surface area contributed by atoms with Crippen molar-refractivity contribution < 1.29 is 4.74 Å². The minimum Gasteiger partial charge on any atom is -0.379 e. The molecule has 4 nitrogen and oxygen atoms in total. The Hall–Kier alpha value is -0.960. The van der Waals surface area contributed by atoms with Crippen LogP contribution >= 0.6 is 11.3 Å². The molecule has 0 spiro atoms. The minimum absolute atomic E-state index is 0.473. The number of thiazole rings is 1. The molecule has 15 heavy (non-hydrogen) atoms. The third kappa shape index (κ3) is 2.99. The van der Waals surface area contributed by atoms with Crippen molar-refractivity contribution in [2.45, 2.75) is 13.0 Å². The topological polar surface area (TPSA) is 49.2 Å². The zero-order valence-electron chi connectivity index (χ0n) is 8.48. The standard InChI is InChI=1S/C10H13N3OS/c11-2-1-9-7-12-10(15-9)8-13-3-5-14-6-4-13/h7H,1,3-6,8H2. The molecule has 0 saturated carbocycles. The van der Waals surface area contributed by atoms with Crippen molar-refractivity contribution in [2.24, 2.45) is 0 Å². The van der Waals surface area contributed by atoms with E-state index in [1.165, 1.54) is 0 Å². The Kier molecular flexibility index (Phi) is 3.67. The fraction of sp³-hybridized carbons (Fsp3) is 0.600. The first-order valence-electron chi connectivity index (χ1n) is 4.99. The summed E-state index contributed by atoms with van der Waals surface area (Å²) >= 11 is 1.64. The second kappa shape index (κ2) is 5.21. The quantitative estimate of drug-likeness (QED) is 0.768. The van der Waals surface area contributed by atoms with Crippen molar-refractivity contribution in [3.8, 4) is 6.07 Å². The first-order chi connectivity index (χ1) is 7.38. The summed E-state index contributed by atoms with van der Waals surface area (Å²) in [6.07, 6.45) is 2.28. The summed E-state index contributed by atoms with van der Waals surface area (Å²) in [5, 5.41) is 9.65. The number of hydrogen-bond donors (Lipinski definition) is 0. The van der Waals surface area contributed by atoms with Gasteiger partial charge in [0, 0.05) is 24.2 Å². The normalized spacial score (nSPS) is 17.5. The Balaban J connectivity index is 1.89. The maximum absolute atomic E-state index is 8.55. The molecule has 2 rings (SSSR count). The maximum atomic E-state index is 8.55. The summed E-state index contributed by atoms with van der Waals surface area (Å²) in [5.74, 6) is 0. The summed E-state index contributed by atoms with van der Waals surface area (Å²) in [7, 11) is 0. The van der Waals surface area contributed by atoms with E-state index >= 15 is 0 Å². The molecule has 2 heterocycles. The van der Waals surface area contributed by atoms with Crippen molar-refractivity contribution in [1.29, 1.82) is 5.26 Å². The van der Waals surface area contributed by atoms with Crippen LogP contribution in [-0.2, 0) is 17.7 Å². The van der Waals surface area contributed by atoms with Crippen molar-refractivity contribution in [3.05, 3.63) is 16.1 Å². The molecule has 0 aliphatic carbocycles. The monoisotopic (exact) mass is 223 g/mol. The number of aromatic nitrogens is 1. The van der Waals surface area contributed by atoms with Crippen molar-refractivity contribution in [2.75, 3.05) is 26.3 Å². The molecule has 0 unspecified atom stereocenters. The molecule has 0 bridgehead atoms. The van der Waals surface area contributed by atoms with Crippen LogP contribution in [0.5, 0.6) is 0 Å². The summed E-state index contributed by atoms with van der Waals surface area (Å²) in [4.78, 5) is 7.70. The second-order valence-corrected chi connectivity index (χ2v) is 4.64. The van der Waals surface area contributed by atoms with E-state index in [0.29, 0.717) is 6.42 Å². The van der Waals surface area contributed by atoms with Crippen LogP contribution in [0.4, 0.5) is 0 Å². The van der Waals surface area contributed by atoms with E-state index in [1.807, 2.05) is 6.20 Å². The molecule has 0 N–H and O–H groups in total. The van der Waals surface area contributed by atoms with Crippen LogP contribution in [0.15, 0.2) is 6.20 Å². The molecule has 0 aromatic carbocycles. The maximum Gasteiger partial charge on any atom is 0.107 e. The molecular weight excluding hydrogens is 210 g/mol. The molecule has 1 saturated heterocycles. The average molecular weight is 223 g/mol. The largest absolute Gasteiger partial charge is 0.379 e. The third-order valence-electron chi connectivity index (χ3n) is 2.32. The smallest absolute Gasteiger partial charge is 0.107 e. The first kappa shape index (κ1) is 10.6. The molecule has 0 radical (unpaired) electrons. The van der Waals surface area contributed by atoms with Gasteiger partial charge in [-0.05, 0) is 0 Å². The van der Waals surface area contributed by atoms with E-state index in [4.69, 9.17) is 10.00 Å². The molecule has 1 fully saturated rings. The Morgan fingerprint density at radius 3 is 3.07 bits per heavy atom. The molecule has 80 valence electrons. The van der Waals surface area contributed by atoms with E-state index in [1.54, 1.807) is 11.3 Å². The number of nitriles is 1. The third-order valence-corrected chi connectivity index (χ3v) is 3.30. The van der Waals surface area contributed by atoms with E-state index in [0.717, 1.165) is 42.7 Å². The van der Waals surface area contributed by atoms with E-state index < -0.39 is 0 Å². The molecule has 1 aromatic heterocycles. The van der Waals surface area contributed by atoms with Crippen LogP contribution in [0.3, 0.4) is 0 Å². The van der Waals surface area contributed by atoms with Gasteiger partial charge in [0.05, 0.1) is 32.2 Å². The Morgan fingerprint density at radius 1 is 1.53 bits per heavy atom. The summed E-state index contributed by atoms with van der Waals surface area (Å²) in [6, 6.07) is 2.14. The van der Waals surface area contributed by atoms with Gasteiger partial charge >= 0.3 is 0 Å². The highest BCUT2D eigenvalue weighted by atomic mass is 32.1. The van der Waals surface area contributed by atoms with Gasteiger partial charge in [0.25, 0.3) is 0 Å². The zero-order valence-corrected chi connectivity index (χ0v) is 9.29. The Bertz CT molecular complexity index is 352. The van der Waals surface area contributed by atoms with Crippen molar-refractivity contribution in [3.63, 3.8) is 0 Å². The van der Waals surface area contributed by atoms with Crippen LogP contribution in [0.1, 0.15) is 9.88 Å². The molecule has 5 heteroatoms. The predicted molar refractivity (Wildman–Crippen MR) is 57.5 cm³/mol. The van der Waals surface area contributed by atoms with Crippen molar-refractivity contribution in [1.82, 2.24) is 9.88 Å². The van der Waals surface area contributed by atoms with Gasteiger partial charge in [-0.2, -0.15) is 5.26 Å². The van der Waals surface area contributed by atoms with Gasteiger partial charge in [-0.3, -0.25) is 4.90 Å². The fourth-order valence-electron chi connectivity index (χ4n) is 1.53. The minimum atomic E-state index is 0.473. The number of rotatable bonds is 3. The molecule has 1 aliphatic heterocycles. The van der Waals surface area contributed by atoms with Gasteiger partial charge in [-0.15, -0.1) is 11.3 Å². The lowest BCUT2D eigenvalue weighted by Gasteiger charge is -2.25. The summed E-state index contributed by atoms with van der Waals surface area (Å²) in [6.45, 7) is 4.48. The Labute approximate surface area is 93.1 Å². The van der Waals surface area contributed by atoms with Gasteiger partial charge in [0.2, 0.25) is 0 Å². The van der Waals surface area contributed by atoms with Crippen LogP contribution in [0.2, 0.25) is 0 Å². The predicted octanol–water partition coefficient (Wildman–Crippen LogP) is 1.04. The molecular formula is C10H13N3OS. The first-order valence-corrected chi connectivity index (χ1v) is 5.81. The molecule has 0 atom stereocenters. The molecule has 1 aromatic rings. The number of nitrogens with zero attached hydrogens (tertiary/aromatic N) is 3. The second-order valence-electron chi connectivity index (χ2n) is 3.44. The number of morpholine rings is 1. The average Bonchev–Trinajstić information content (AvgIpc) is 2.68. The SMILES string of the molecule is N#CCc1cnc(CN2CCOCC2)s1. The van der Waals surface area contributed by atoms with Crippen LogP contribution in [0, 0.1) is 11.3 Å². The molecule has 0 amide bonds. The summed E-state index contributed by atoms with van der Waals surface area (Å²) in [5.41, 5.74) is 0. The lowest BCUT2D eigenvalue weighted by Crippen LogP contribution is -2.35. The van der Waals surface area contributed by atoms with Gasteiger partial charge in [0.1, 0.15) is 5.01 Å². The number of ether oxygens (including phenoxy) is 1. The Morgan fingerprint density at radius 2 is 2.33 bits per heavy atom. The van der Waals surface area contributed by atoms with Gasteiger partial charge in [-0.1, -0.05) is 0 Å². The number of hydrogen-bond acceptors (Lipinski definition) is 5. The van der Waals surface area contributed by atoms with E-state index in [-0.39, 0.29) is 0 Å². The van der Waals surface area contributed by atoms with Gasteiger partial charge in [0.15, 0.2) is 0 Å². The van der Waals surface area contributed by atoms with Crippen LogP contribution < -0.4 is 0 Å². The van der Waals surface area contributed by atoms with Gasteiger partial charge in [-0.25, -0.2) is 4.98 Å². The lowest BCUT2D eigenvalue weighted by molar-refractivity contribution is 0.0341. The van der Waals surface area contributed by atoms with Crippen LogP contribution in [0.25, 0.3) is 0 Å². The zero-order chi connectivity index (χ0) is 10.5. The summed E-state index contributed by atoms with van der Waals surface area (Å²) < 4.78 is 5.28. The lowest BCUT2D eigenvalue weighted by atomic mass is 10.4.